The van der Waals surface area contributed by atoms with E-state index in [4.69, 9.17) is 14.6 Å². The summed E-state index contributed by atoms with van der Waals surface area (Å²) in [5.41, 5.74) is 1.69. The summed E-state index contributed by atoms with van der Waals surface area (Å²) in [6.45, 7) is 1.88. The highest BCUT2D eigenvalue weighted by Crippen LogP contribution is 2.30. The molecule has 0 unspecified atom stereocenters. The van der Waals surface area contributed by atoms with E-state index in [1.807, 2.05) is 13.0 Å². The van der Waals surface area contributed by atoms with Crippen LogP contribution in [0.3, 0.4) is 0 Å². The average Bonchev–Trinajstić information content (AvgIpc) is 2.17. The fraction of sp³-hybridized carbons (Fsp3) is 0.400. The number of ether oxygens (including phenoxy) is 2. The minimum absolute atomic E-state index is 0.0198. The number of benzene rings is 1. The quantitative estimate of drug-likeness (QED) is 0.770. The van der Waals surface area contributed by atoms with Crippen LogP contribution in [0.5, 0.6) is 11.5 Å². The van der Waals surface area contributed by atoms with Gasteiger partial charge in [0.1, 0.15) is 11.5 Å². The number of aliphatic hydroxyl groups is 1. The molecule has 0 spiro atoms. The third-order valence-electron chi connectivity index (χ3n) is 2.03. The second-order valence-corrected chi connectivity index (χ2v) is 2.74. The van der Waals surface area contributed by atoms with Crippen molar-refractivity contribution in [1.29, 1.82) is 0 Å². The SMILES string of the molecule is COc1ccc(CO)c(OC)c1C. The van der Waals surface area contributed by atoms with Crippen molar-refractivity contribution in [3.63, 3.8) is 0 Å². The molecule has 0 saturated carbocycles. The number of hydrogen-bond acceptors (Lipinski definition) is 3. The van der Waals surface area contributed by atoms with E-state index >= 15 is 0 Å². The molecule has 0 aliphatic carbocycles. The van der Waals surface area contributed by atoms with Crippen molar-refractivity contribution in [3.8, 4) is 11.5 Å². The van der Waals surface area contributed by atoms with Gasteiger partial charge >= 0.3 is 0 Å². The molecular formula is C10H14O3. The largest absolute Gasteiger partial charge is 0.496 e. The molecule has 0 fully saturated rings. The second-order valence-electron chi connectivity index (χ2n) is 2.74. The Balaban J connectivity index is 3.23. The van der Waals surface area contributed by atoms with E-state index in [-0.39, 0.29) is 6.61 Å². The van der Waals surface area contributed by atoms with Crippen LogP contribution in [0.15, 0.2) is 12.1 Å². The van der Waals surface area contributed by atoms with Gasteiger partial charge in [0, 0.05) is 11.1 Å². The summed E-state index contributed by atoms with van der Waals surface area (Å²) in [5, 5.41) is 9.02. The van der Waals surface area contributed by atoms with Crippen LogP contribution in [0.25, 0.3) is 0 Å². The fourth-order valence-corrected chi connectivity index (χ4v) is 1.36. The minimum Gasteiger partial charge on any atom is -0.496 e. The highest BCUT2D eigenvalue weighted by Gasteiger charge is 2.09. The molecule has 0 heterocycles. The third-order valence-corrected chi connectivity index (χ3v) is 2.03. The van der Waals surface area contributed by atoms with Crippen molar-refractivity contribution in [1.82, 2.24) is 0 Å². The van der Waals surface area contributed by atoms with Crippen LogP contribution in [0.4, 0.5) is 0 Å². The maximum Gasteiger partial charge on any atom is 0.130 e. The van der Waals surface area contributed by atoms with Crippen LogP contribution in [0.2, 0.25) is 0 Å². The zero-order chi connectivity index (χ0) is 9.84. The van der Waals surface area contributed by atoms with Gasteiger partial charge in [-0.15, -0.1) is 0 Å². The first kappa shape index (κ1) is 9.86. The Labute approximate surface area is 77.9 Å². The van der Waals surface area contributed by atoms with E-state index in [1.165, 1.54) is 0 Å². The predicted octanol–water partition coefficient (Wildman–Crippen LogP) is 1.50. The van der Waals surface area contributed by atoms with Gasteiger partial charge in [0.2, 0.25) is 0 Å². The molecule has 0 atom stereocenters. The average molecular weight is 182 g/mol. The number of hydrogen-bond donors (Lipinski definition) is 1. The van der Waals surface area contributed by atoms with E-state index in [0.29, 0.717) is 5.75 Å². The van der Waals surface area contributed by atoms with Crippen molar-refractivity contribution in [2.75, 3.05) is 14.2 Å². The molecule has 72 valence electrons. The minimum atomic E-state index is -0.0198. The molecule has 1 aromatic carbocycles. The lowest BCUT2D eigenvalue weighted by Gasteiger charge is -2.12. The molecular weight excluding hydrogens is 168 g/mol. The Morgan fingerprint density at radius 1 is 1.23 bits per heavy atom. The maximum atomic E-state index is 9.02. The first-order chi connectivity index (χ1) is 6.24. The Kier molecular flexibility index (Phi) is 3.14. The van der Waals surface area contributed by atoms with Crippen molar-refractivity contribution in [3.05, 3.63) is 23.3 Å². The van der Waals surface area contributed by atoms with Gasteiger partial charge in [0.25, 0.3) is 0 Å². The topological polar surface area (TPSA) is 38.7 Å². The van der Waals surface area contributed by atoms with Gasteiger partial charge in [0.15, 0.2) is 0 Å². The van der Waals surface area contributed by atoms with Crippen LogP contribution < -0.4 is 9.47 Å². The number of rotatable bonds is 3. The molecule has 3 nitrogen and oxygen atoms in total. The van der Waals surface area contributed by atoms with E-state index in [1.54, 1.807) is 20.3 Å². The van der Waals surface area contributed by atoms with Crippen LogP contribution in [-0.2, 0) is 6.61 Å². The summed E-state index contributed by atoms with van der Waals surface area (Å²) in [6.07, 6.45) is 0. The van der Waals surface area contributed by atoms with E-state index in [2.05, 4.69) is 0 Å². The van der Waals surface area contributed by atoms with E-state index in [9.17, 15) is 0 Å². The molecule has 13 heavy (non-hydrogen) atoms. The summed E-state index contributed by atoms with van der Waals surface area (Å²) >= 11 is 0. The lowest BCUT2D eigenvalue weighted by molar-refractivity contribution is 0.272. The third kappa shape index (κ3) is 1.75. The highest BCUT2D eigenvalue weighted by atomic mass is 16.5. The van der Waals surface area contributed by atoms with Crippen molar-refractivity contribution < 1.29 is 14.6 Å². The number of methoxy groups -OCH3 is 2. The summed E-state index contributed by atoms with van der Waals surface area (Å²) in [5.74, 6) is 1.47. The van der Waals surface area contributed by atoms with Crippen LogP contribution in [0.1, 0.15) is 11.1 Å². The molecule has 0 amide bonds. The van der Waals surface area contributed by atoms with Gasteiger partial charge in [0.05, 0.1) is 20.8 Å². The molecule has 1 rings (SSSR count). The van der Waals surface area contributed by atoms with E-state index in [0.717, 1.165) is 16.9 Å². The Bertz CT molecular complexity index is 294. The summed E-state index contributed by atoms with van der Waals surface area (Å²) in [6, 6.07) is 3.62. The second kappa shape index (κ2) is 4.14. The molecule has 0 bridgehead atoms. The molecule has 0 aliphatic heterocycles. The molecule has 3 heteroatoms. The van der Waals surface area contributed by atoms with Gasteiger partial charge in [-0.3, -0.25) is 0 Å². The first-order valence-electron chi connectivity index (χ1n) is 4.06. The van der Waals surface area contributed by atoms with Crippen molar-refractivity contribution >= 4 is 0 Å². The molecule has 1 N–H and O–H groups in total. The first-order valence-corrected chi connectivity index (χ1v) is 4.06. The monoisotopic (exact) mass is 182 g/mol. The Morgan fingerprint density at radius 2 is 1.92 bits per heavy atom. The lowest BCUT2D eigenvalue weighted by atomic mass is 10.1. The van der Waals surface area contributed by atoms with Crippen molar-refractivity contribution in [2.24, 2.45) is 0 Å². The van der Waals surface area contributed by atoms with Crippen LogP contribution in [0, 0.1) is 6.92 Å². The molecule has 0 aliphatic rings. The molecule has 1 aromatic rings. The summed E-state index contributed by atoms with van der Waals surface area (Å²) in [4.78, 5) is 0. The fourth-order valence-electron chi connectivity index (χ4n) is 1.36. The molecule has 0 aromatic heterocycles. The maximum absolute atomic E-state index is 9.02. The smallest absolute Gasteiger partial charge is 0.130 e. The van der Waals surface area contributed by atoms with Gasteiger partial charge in [-0.05, 0) is 19.1 Å². The summed E-state index contributed by atoms with van der Waals surface area (Å²) < 4.78 is 10.3. The van der Waals surface area contributed by atoms with Gasteiger partial charge in [-0.1, -0.05) is 0 Å². The van der Waals surface area contributed by atoms with E-state index < -0.39 is 0 Å². The standard InChI is InChI=1S/C10H14O3/c1-7-9(12-2)5-4-8(6-11)10(7)13-3/h4-5,11H,6H2,1-3H3. The molecule has 0 radical (unpaired) electrons. The zero-order valence-electron chi connectivity index (χ0n) is 8.13. The lowest BCUT2D eigenvalue weighted by Crippen LogP contribution is -1.97. The van der Waals surface area contributed by atoms with Gasteiger partial charge in [-0.2, -0.15) is 0 Å². The highest BCUT2D eigenvalue weighted by molar-refractivity contribution is 5.48. The Hall–Kier alpha value is -1.22. The Morgan fingerprint density at radius 3 is 2.38 bits per heavy atom. The van der Waals surface area contributed by atoms with Gasteiger partial charge < -0.3 is 14.6 Å². The molecule has 0 saturated heterocycles. The van der Waals surface area contributed by atoms with Crippen LogP contribution >= 0.6 is 0 Å². The normalized spacial score (nSPS) is 9.85. The van der Waals surface area contributed by atoms with Gasteiger partial charge in [-0.25, -0.2) is 0 Å². The predicted molar refractivity (Wildman–Crippen MR) is 50.2 cm³/mol. The van der Waals surface area contributed by atoms with Crippen LogP contribution in [-0.4, -0.2) is 19.3 Å². The van der Waals surface area contributed by atoms with Crippen molar-refractivity contribution in [2.45, 2.75) is 13.5 Å². The zero-order valence-corrected chi connectivity index (χ0v) is 8.13. The summed E-state index contributed by atoms with van der Waals surface area (Å²) in [7, 11) is 3.20. The number of aliphatic hydroxyl groups excluding tert-OH is 1.